The largest absolute Gasteiger partial charge is 0.325 e. The highest BCUT2D eigenvalue weighted by Gasteiger charge is 2.38. The lowest BCUT2D eigenvalue weighted by Gasteiger charge is -2.27. The molecule has 1 saturated carbocycles. The molecule has 2 aliphatic rings. The van der Waals surface area contributed by atoms with Crippen LogP contribution in [-0.2, 0) is 4.79 Å². The number of halogens is 1. The summed E-state index contributed by atoms with van der Waals surface area (Å²) in [7, 11) is 0. The van der Waals surface area contributed by atoms with Crippen molar-refractivity contribution in [1.29, 1.82) is 0 Å². The Balaban J connectivity index is 1.46. The molecule has 7 heteroatoms. The van der Waals surface area contributed by atoms with Gasteiger partial charge in [0.1, 0.15) is 16.6 Å². The quantitative estimate of drug-likeness (QED) is 0.773. The predicted octanol–water partition coefficient (Wildman–Crippen LogP) is 5.12. The average Bonchev–Trinajstić information content (AvgIpc) is 3.31. The molecule has 27 heavy (non-hydrogen) atoms. The van der Waals surface area contributed by atoms with E-state index in [2.05, 4.69) is 11.4 Å². The van der Waals surface area contributed by atoms with Gasteiger partial charge in [0.15, 0.2) is 5.66 Å². The Morgan fingerprint density at radius 2 is 1.93 bits per heavy atom. The second-order valence-corrected chi connectivity index (χ2v) is 8.65. The van der Waals surface area contributed by atoms with Crippen molar-refractivity contribution in [3.8, 4) is 0 Å². The molecule has 0 saturated heterocycles. The Kier molecular flexibility index (Phi) is 5.41. The number of nitrogens with zero attached hydrogens (tertiary/aromatic N) is 2. The maximum Gasteiger partial charge on any atom is 0.234 e. The third-order valence-corrected chi connectivity index (χ3v) is 6.55. The fourth-order valence-electron chi connectivity index (χ4n) is 3.40. The van der Waals surface area contributed by atoms with E-state index in [-0.39, 0.29) is 23.1 Å². The van der Waals surface area contributed by atoms with Gasteiger partial charge in [-0.3, -0.25) is 9.79 Å². The highest BCUT2D eigenvalue weighted by atomic mass is 32.2. The van der Waals surface area contributed by atoms with Crippen LogP contribution in [0, 0.1) is 5.82 Å². The molecule has 1 aliphatic carbocycles. The zero-order valence-electron chi connectivity index (χ0n) is 14.8. The molecule has 4 nitrogen and oxygen atoms in total. The number of carbonyl (C=O) groups excluding carboxylic acids is 1. The molecule has 2 aromatic rings. The Labute approximate surface area is 166 Å². The number of anilines is 1. The van der Waals surface area contributed by atoms with E-state index >= 15 is 0 Å². The van der Waals surface area contributed by atoms with Gasteiger partial charge in [0.05, 0.1) is 10.6 Å². The first-order valence-electron chi connectivity index (χ1n) is 9.06. The fourth-order valence-corrected chi connectivity index (χ4v) is 5.05. The van der Waals surface area contributed by atoms with Crippen molar-refractivity contribution in [1.82, 2.24) is 0 Å². The molecule has 2 heterocycles. The highest BCUT2D eigenvalue weighted by molar-refractivity contribution is 8.16. The smallest absolute Gasteiger partial charge is 0.234 e. The summed E-state index contributed by atoms with van der Waals surface area (Å²) in [5.41, 5.74) is 1.19. The number of carbonyl (C=O) groups is 1. The maximum absolute atomic E-state index is 13.0. The van der Waals surface area contributed by atoms with Crippen LogP contribution in [0.3, 0.4) is 0 Å². The third-order valence-electron chi connectivity index (χ3n) is 4.71. The topological polar surface area (TPSA) is 53.8 Å². The van der Waals surface area contributed by atoms with Crippen molar-refractivity contribution in [2.75, 3.05) is 11.1 Å². The molecule has 4 rings (SSSR count). The lowest BCUT2D eigenvalue weighted by molar-refractivity contribution is -0.113. The second kappa shape index (κ2) is 7.94. The summed E-state index contributed by atoms with van der Waals surface area (Å²) in [6, 6.07) is 9.84. The molecule has 1 fully saturated rings. The monoisotopic (exact) mass is 401 g/mol. The van der Waals surface area contributed by atoms with Crippen LogP contribution in [0.1, 0.15) is 37.0 Å². The van der Waals surface area contributed by atoms with E-state index in [0.29, 0.717) is 5.69 Å². The number of aliphatic imine (C=N–C) groups is 2. The molecule has 0 radical (unpaired) electrons. The summed E-state index contributed by atoms with van der Waals surface area (Å²) in [4.78, 5) is 23.4. The highest BCUT2D eigenvalue weighted by Crippen LogP contribution is 2.39. The van der Waals surface area contributed by atoms with E-state index in [9.17, 15) is 9.18 Å². The van der Waals surface area contributed by atoms with E-state index in [1.165, 1.54) is 30.3 Å². The van der Waals surface area contributed by atoms with Gasteiger partial charge < -0.3 is 5.32 Å². The van der Waals surface area contributed by atoms with E-state index < -0.39 is 0 Å². The summed E-state index contributed by atoms with van der Waals surface area (Å²) in [6.07, 6.45) is 5.49. The van der Waals surface area contributed by atoms with Gasteiger partial charge in [-0.1, -0.05) is 24.2 Å². The molecule has 1 amide bonds. The van der Waals surface area contributed by atoms with Crippen LogP contribution < -0.4 is 5.32 Å². The van der Waals surface area contributed by atoms with Gasteiger partial charge in [0.25, 0.3) is 0 Å². The summed E-state index contributed by atoms with van der Waals surface area (Å²) < 4.78 is 13.0. The first kappa shape index (κ1) is 18.4. The van der Waals surface area contributed by atoms with Crippen molar-refractivity contribution in [2.45, 2.75) is 37.8 Å². The van der Waals surface area contributed by atoms with Crippen LogP contribution in [-0.4, -0.2) is 28.1 Å². The van der Waals surface area contributed by atoms with Crippen LogP contribution in [0.5, 0.6) is 0 Å². The summed E-state index contributed by atoms with van der Waals surface area (Å²) in [5.74, 6) is -0.210. The zero-order chi connectivity index (χ0) is 18.7. The molecule has 0 atom stereocenters. The van der Waals surface area contributed by atoms with Crippen molar-refractivity contribution in [3.63, 3.8) is 0 Å². The molecule has 1 N–H and O–H groups in total. The number of benzene rings is 1. The van der Waals surface area contributed by atoms with Gasteiger partial charge in [-0.25, -0.2) is 9.38 Å². The molecule has 1 aromatic carbocycles. The number of amides is 1. The first-order chi connectivity index (χ1) is 13.1. The van der Waals surface area contributed by atoms with Gasteiger partial charge in [0.2, 0.25) is 5.91 Å². The van der Waals surface area contributed by atoms with E-state index in [1.807, 2.05) is 11.4 Å². The van der Waals surface area contributed by atoms with Crippen LogP contribution in [0.4, 0.5) is 10.1 Å². The molecule has 0 unspecified atom stereocenters. The molecular weight excluding hydrogens is 381 g/mol. The first-order valence-corrected chi connectivity index (χ1v) is 10.9. The van der Waals surface area contributed by atoms with Crippen molar-refractivity contribution >= 4 is 45.4 Å². The van der Waals surface area contributed by atoms with Crippen molar-refractivity contribution < 1.29 is 9.18 Å². The predicted molar refractivity (Wildman–Crippen MR) is 112 cm³/mol. The van der Waals surface area contributed by atoms with Gasteiger partial charge in [0, 0.05) is 5.69 Å². The minimum Gasteiger partial charge on any atom is -0.325 e. The Morgan fingerprint density at radius 1 is 1.15 bits per heavy atom. The summed E-state index contributed by atoms with van der Waals surface area (Å²) in [5, 5.41) is 5.69. The SMILES string of the molecule is O=C(CSC1=NC2(CCCCC2)N=C1c1cccs1)Nc1ccc(F)cc1. The molecule has 140 valence electrons. The lowest BCUT2D eigenvalue weighted by Crippen LogP contribution is -2.25. The Bertz CT molecular complexity index is 869. The number of rotatable bonds is 4. The Morgan fingerprint density at radius 3 is 2.63 bits per heavy atom. The van der Waals surface area contributed by atoms with Crippen molar-refractivity contribution in [3.05, 3.63) is 52.5 Å². The number of nitrogens with one attached hydrogen (secondary N) is 1. The van der Waals surface area contributed by atoms with Crippen LogP contribution >= 0.6 is 23.1 Å². The second-order valence-electron chi connectivity index (χ2n) is 6.74. The van der Waals surface area contributed by atoms with Gasteiger partial charge >= 0.3 is 0 Å². The van der Waals surface area contributed by atoms with Crippen LogP contribution in [0.2, 0.25) is 0 Å². The number of hydrogen-bond acceptors (Lipinski definition) is 5. The van der Waals surface area contributed by atoms with E-state index in [1.54, 1.807) is 23.5 Å². The minimum absolute atomic E-state index is 0.135. The number of hydrogen-bond donors (Lipinski definition) is 1. The number of thioether (sulfide) groups is 1. The maximum atomic E-state index is 13.0. The van der Waals surface area contributed by atoms with Crippen LogP contribution in [0.25, 0.3) is 0 Å². The molecule has 1 aromatic heterocycles. The van der Waals surface area contributed by atoms with E-state index in [4.69, 9.17) is 9.98 Å². The third kappa shape index (κ3) is 4.30. The Hall–Kier alpha value is -1.99. The minimum atomic E-state index is -0.326. The fraction of sp³-hybridized carbons (Fsp3) is 0.350. The van der Waals surface area contributed by atoms with Gasteiger partial charge in [-0.2, -0.15) is 0 Å². The number of thiophene rings is 1. The molecular formula is C20H20FN3OS2. The molecule has 1 spiro atoms. The van der Waals surface area contributed by atoms with E-state index in [0.717, 1.165) is 41.3 Å². The average molecular weight is 402 g/mol. The van der Waals surface area contributed by atoms with Gasteiger partial charge in [-0.15, -0.1) is 11.3 Å². The normalized spacial score (nSPS) is 18.3. The van der Waals surface area contributed by atoms with Crippen LogP contribution in [0.15, 0.2) is 51.8 Å². The summed E-state index contributed by atoms with van der Waals surface area (Å²) in [6.45, 7) is 0. The lowest BCUT2D eigenvalue weighted by atomic mass is 9.90. The van der Waals surface area contributed by atoms with Crippen molar-refractivity contribution in [2.24, 2.45) is 9.98 Å². The summed E-state index contributed by atoms with van der Waals surface area (Å²) >= 11 is 3.08. The molecule has 1 aliphatic heterocycles. The standard InChI is InChI=1S/C20H20FN3OS2/c21-14-6-8-15(9-7-14)22-17(25)13-27-19-18(16-5-4-12-26-16)23-20(24-19)10-2-1-3-11-20/h4-9,12H,1-3,10-11,13H2,(H,22,25). The zero-order valence-corrected chi connectivity index (χ0v) is 16.4. The molecule has 0 bridgehead atoms. The van der Waals surface area contributed by atoms with Gasteiger partial charge in [-0.05, 0) is 61.4 Å².